The van der Waals surface area contributed by atoms with Gasteiger partial charge in [-0.15, -0.1) is 11.3 Å². The summed E-state index contributed by atoms with van der Waals surface area (Å²) in [5.74, 6) is 0.129. The van der Waals surface area contributed by atoms with Crippen molar-refractivity contribution in [3.63, 3.8) is 0 Å². The van der Waals surface area contributed by atoms with E-state index in [2.05, 4.69) is 35.6 Å². The lowest BCUT2D eigenvalue weighted by Crippen LogP contribution is -2.03. The number of hydrogen-bond donors (Lipinski definition) is 0. The number of carbonyl (C=O) groups excluding carboxylic acids is 1. The second-order valence-corrected chi connectivity index (χ2v) is 7.03. The highest BCUT2D eigenvalue weighted by Crippen LogP contribution is 2.22. The number of thiophene rings is 1. The Morgan fingerprint density at radius 1 is 1.06 bits per heavy atom. The zero-order valence-corrected chi connectivity index (χ0v) is 13.0. The molecule has 0 aliphatic rings. The third kappa shape index (κ3) is 2.60. The molecule has 0 spiro atoms. The smallest absolute Gasteiger partial charge is 0.194 e. The molecule has 0 aliphatic heterocycles. The lowest BCUT2D eigenvalue weighted by molar-refractivity contribution is 0.103. The molecule has 0 radical (unpaired) electrons. The molecule has 1 nitrogen and oxygen atoms in total. The minimum atomic E-state index is 0.129. The van der Waals surface area contributed by atoms with E-state index in [0.29, 0.717) is 0 Å². The van der Waals surface area contributed by atoms with Crippen molar-refractivity contribution in [2.24, 2.45) is 0 Å². The van der Waals surface area contributed by atoms with Crippen molar-refractivity contribution in [1.29, 1.82) is 0 Å². The fourth-order valence-electron chi connectivity index (χ4n) is 1.79. The Labute approximate surface area is 119 Å². The molecule has 1 heterocycles. The number of aryl methyl sites for hydroxylation is 3. The van der Waals surface area contributed by atoms with Crippen molar-refractivity contribution in [1.82, 2.24) is 0 Å². The van der Waals surface area contributed by atoms with Gasteiger partial charge in [0.2, 0.25) is 0 Å². The molecule has 0 saturated heterocycles. The van der Waals surface area contributed by atoms with Crippen LogP contribution in [0.5, 0.6) is 0 Å². The minimum Gasteiger partial charge on any atom is -0.289 e. The highest BCUT2D eigenvalue weighted by Gasteiger charge is 2.14. The van der Waals surface area contributed by atoms with Crippen molar-refractivity contribution in [2.75, 3.05) is 0 Å². The Morgan fingerprint density at radius 2 is 1.71 bits per heavy atom. The quantitative estimate of drug-likeness (QED) is 0.572. The Morgan fingerprint density at radius 3 is 2.29 bits per heavy atom. The zero-order chi connectivity index (χ0) is 12.6. The van der Waals surface area contributed by atoms with E-state index >= 15 is 0 Å². The molecule has 0 saturated carbocycles. The van der Waals surface area contributed by atoms with E-state index in [4.69, 9.17) is 0 Å². The lowest BCUT2D eigenvalue weighted by atomic mass is 9.96. The molecule has 0 aliphatic carbocycles. The van der Waals surface area contributed by atoms with E-state index in [9.17, 15) is 4.79 Å². The molecule has 0 N–H and O–H groups in total. The second-order valence-electron chi connectivity index (χ2n) is 4.22. The van der Waals surface area contributed by atoms with Gasteiger partial charge in [-0.3, -0.25) is 4.79 Å². The summed E-state index contributed by atoms with van der Waals surface area (Å²) in [5, 5.41) is 1.93. The molecular weight excluding hydrogens is 343 g/mol. The topological polar surface area (TPSA) is 17.1 Å². The minimum absolute atomic E-state index is 0.129. The van der Waals surface area contributed by atoms with Gasteiger partial charge in [-0.05, 0) is 72.2 Å². The van der Waals surface area contributed by atoms with E-state index < -0.39 is 0 Å². The van der Waals surface area contributed by atoms with Crippen LogP contribution in [0, 0.1) is 23.7 Å². The van der Waals surface area contributed by atoms with E-state index in [1.165, 1.54) is 11.1 Å². The van der Waals surface area contributed by atoms with Crippen LogP contribution in [0.4, 0.5) is 0 Å². The third-order valence-corrected chi connectivity index (χ3v) is 4.70. The van der Waals surface area contributed by atoms with Gasteiger partial charge in [0.25, 0.3) is 0 Å². The average molecular weight is 356 g/mol. The molecule has 17 heavy (non-hydrogen) atoms. The summed E-state index contributed by atoms with van der Waals surface area (Å²) in [5.41, 5.74) is 5.08. The Bertz CT molecular complexity index is 584. The van der Waals surface area contributed by atoms with Crippen molar-refractivity contribution >= 4 is 39.7 Å². The highest BCUT2D eigenvalue weighted by atomic mass is 127. The first-order chi connectivity index (χ1) is 7.99. The van der Waals surface area contributed by atoms with Crippen molar-refractivity contribution in [2.45, 2.75) is 20.8 Å². The van der Waals surface area contributed by atoms with E-state index in [1.54, 1.807) is 11.3 Å². The van der Waals surface area contributed by atoms with E-state index in [0.717, 1.165) is 19.6 Å². The number of ketones is 1. The van der Waals surface area contributed by atoms with Gasteiger partial charge in [0.15, 0.2) is 5.78 Å². The fourth-order valence-corrected chi connectivity index (χ4v) is 3.12. The van der Waals surface area contributed by atoms with Crippen LogP contribution in [0.25, 0.3) is 0 Å². The van der Waals surface area contributed by atoms with Gasteiger partial charge in [0.1, 0.15) is 0 Å². The standard InChI is InChI=1S/C14H13IOS/c1-8-4-10(3)12(5-9(8)2)14(16)11-6-13(15)17-7-11/h4-7H,1-3H3. The van der Waals surface area contributed by atoms with Crippen molar-refractivity contribution < 1.29 is 4.79 Å². The summed E-state index contributed by atoms with van der Waals surface area (Å²) in [4.78, 5) is 12.3. The summed E-state index contributed by atoms with van der Waals surface area (Å²) in [6, 6.07) is 6.03. The molecular formula is C14H13IOS. The summed E-state index contributed by atoms with van der Waals surface area (Å²) in [6.07, 6.45) is 0. The third-order valence-electron chi connectivity index (χ3n) is 2.91. The number of rotatable bonds is 2. The van der Waals surface area contributed by atoms with Gasteiger partial charge < -0.3 is 0 Å². The second kappa shape index (κ2) is 4.90. The molecule has 0 atom stereocenters. The van der Waals surface area contributed by atoms with Gasteiger partial charge in [0, 0.05) is 16.5 Å². The monoisotopic (exact) mass is 356 g/mol. The Hall–Kier alpha value is -0.680. The summed E-state index contributed by atoms with van der Waals surface area (Å²) in [6.45, 7) is 6.12. The first-order valence-electron chi connectivity index (χ1n) is 5.35. The molecule has 88 valence electrons. The molecule has 1 aromatic heterocycles. The number of carbonyl (C=O) groups is 1. The van der Waals surface area contributed by atoms with Gasteiger partial charge in [-0.25, -0.2) is 0 Å². The van der Waals surface area contributed by atoms with Crippen LogP contribution in [0.3, 0.4) is 0 Å². The molecule has 0 unspecified atom stereocenters. The van der Waals surface area contributed by atoms with Crippen LogP contribution in [-0.2, 0) is 0 Å². The number of hydrogen-bond acceptors (Lipinski definition) is 2. The maximum absolute atomic E-state index is 12.3. The first kappa shape index (κ1) is 12.8. The molecule has 0 fully saturated rings. The molecule has 1 aromatic carbocycles. The van der Waals surface area contributed by atoms with Crippen LogP contribution in [0.2, 0.25) is 0 Å². The van der Waals surface area contributed by atoms with Crippen molar-refractivity contribution in [3.05, 3.63) is 54.3 Å². The predicted molar refractivity (Wildman–Crippen MR) is 81.1 cm³/mol. The fraction of sp³-hybridized carbons (Fsp3) is 0.214. The summed E-state index contributed by atoms with van der Waals surface area (Å²) in [7, 11) is 0. The number of halogens is 1. The van der Waals surface area contributed by atoms with Gasteiger partial charge >= 0.3 is 0 Å². The van der Waals surface area contributed by atoms with Gasteiger partial charge in [0.05, 0.1) is 2.88 Å². The van der Waals surface area contributed by atoms with Crippen LogP contribution < -0.4 is 0 Å². The maximum Gasteiger partial charge on any atom is 0.194 e. The molecule has 2 aromatic rings. The van der Waals surface area contributed by atoms with Gasteiger partial charge in [-0.2, -0.15) is 0 Å². The van der Waals surface area contributed by atoms with Crippen LogP contribution >= 0.6 is 33.9 Å². The van der Waals surface area contributed by atoms with E-state index in [-0.39, 0.29) is 5.78 Å². The molecule has 2 rings (SSSR count). The molecule has 0 amide bonds. The van der Waals surface area contributed by atoms with Crippen LogP contribution in [-0.4, -0.2) is 5.78 Å². The highest BCUT2D eigenvalue weighted by molar-refractivity contribution is 14.1. The first-order valence-corrected chi connectivity index (χ1v) is 7.31. The van der Waals surface area contributed by atoms with Crippen LogP contribution in [0.1, 0.15) is 32.6 Å². The largest absolute Gasteiger partial charge is 0.289 e. The van der Waals surface area contributed by atoms with Crippen LogP contribution in [0.15, 0.2) is 23.6 Å². The zero-order valence-electron chi connectivity index (χ0n) is 10.0. The predicted octanol–water partition coefficient (Wildman–Crippen LogP) is 4.51. The number of benzene rings is 1. The van der Waals surface area contributed by atoms with Crippen molar-refractivity contribution in [3.8, 4) is 0 Å². The summed E-state index contributed by atoms with van der Waals surface area (Å²) < 4.78 is 1.15. The summed E-state index contributed by atoms with van der Waals surface area (Å²) >= 11 is 3.85. The maximum atomic E-state index is 12.3. The van der Waals surface area contributed by atoms with E-state index in [1.807, 2.05) is 31.4 Å². The molecule has 0 bridgehead atoms. The Kier molecular flexibility index (Phi) is 3.68. The average Bonchev–Trinajstić information content (AvgIpc) is 2.69. The lowest BCUT2D eigenvalue weighted by Gasteiger charge is -2.08. The molecule has 3 heteroatoms. The SMILES string of the molecule is Cc1cc(C)c(C(=O)c2csc(I)c2)cc1C. The normalized spacial score (nSPS) is 10.6. The van der Waals surface area contributed by atoms with Gasteiger partial charge in [-0.1, -0.05) is 6.07 Å². The Balaban J connectivity index is 2.47.